The Bertz CT molecular complexity index is 526. The van der Waals surface area contributed by atoms with Gasteiger partial charge in [-0.25, -0.2) is 0 Å². The van der Waals surface area contributed by atoms with E-state index in [4.69, 9.17) is 0 Å². The van der Waals surface area contributed by atoms with E-state index >= 15 is 0 Å². The number of rotatable bonds is 3. The zero-order chi connectivity index (χ0) is 14.1. The van der Waals surface area contributed by atoms with Crippen LogP contribution in [0.3, 0.4) is 0 Å². The smallest absolute Gasteiger partial charge is 0.234 e. The molecule has 4 heteroatoms. The number of aliphatic hydroxyl groups excluding tert-OH is 1. The van der Waals surface area contributed by atoms with E-state index in [1.165, 1.54) is 4.90 Å². The molecule has 0 saturated carbocycles. The molecule has 1 aromatic rings. The van der Waals surface area contributed by atoms with Crippen LogP contribution in [0.25, 0.3) is 0 Å². The number of nitrogens with zero attached hydrogens (tertiary/aromatic N) is 1. The van der Waals surface area contributed by atoms with Crippen molar-refractivity contribution in [2.24, 2.45) is 11.8 Å². The maximum absolute atomic E-state index is 12.5. The molecule has 0 aromatic heterocycles. The molecule has 1 N–H and O–H groups in total. The molecule has 3 rings (SSSR count). The van der Waals surface area contributed by atoms with Gasteiger partial charge in [-0.2, -0.15) is 0 Å². The largest absolute Gasteiger partial charge is 0.394 e. The van der Waals surface area contributed by atoms with E-state index in [9.17, 15) is 14.7 Å². The van der Waals surface area contributed by atoms with Gasteiger partial charge in [-0.05, 0) is 18.4 Å². The minimum Gasteiger partial charge on any atom is -0.394 e. The number of imide groups is 1. The number of likely N-dealkylation sites (tertiary alicyclic amines) is 1. The molecule has 0 unspecified atom stereocenters. The van der Waals surface area contributed by atoms with E-state index in [1.807, 2.05) is 42.5 Å². The summed E-state index contributed by atoms with van der Waals surface area (Å²) in [6.45, 7) is -0.242. The molecule has 4 nitrogen and oxygen atoms in total. The topological polar surface area (TPSA) is 57.6 Å². The molecular formula is C16H17NO3. The summed E-state index contributed by atoms with van der Waals surface area (Å²) < 4.78 is 0. The van der Waals surface area contributed by atoms with Crippen molar-refractivity contribution in [2.45, 2.75) is 18.9 Å². The van der Waals surface area contributed by atoms with Crippen LogP contribution in [-0.4, -0.2) is 28.4 Å². The van der Waals surface area contributed by atoms with Gasteiger partial charge in [-0.15, -0.1) is 0 Å². The third kappa shape index (κ3) is 1.96. The molecule has 2 amide bonds. The van der Waals surface area contributed by atoms with Crippen molar-refractivity contribution >= 4 is 11.8 Å². The molecule has 2 aliphatic rings. The van der Waals surface area contributed by atoms with Gasteiger partial charge in [0, 0.05) is 0 Å². The Balaban J connectivity index is 1.93. The first-order valence-electron chi connectivity index (χ1n) is 6.91. The predicted molar refractivity (Wildman–Crippen MR) is 73.5 cm³/mol. The quantitative estimate of drug-likeness (QED) is 0.672. The number of amides is 2. The molecule has 1 fully saturated rings. The van der Waals surface area contributed by atoms with Gasteiger partial charge in [0.2, 0.25) is 11.8 Å². The van der Waals surface area contributed by atoms with Crippen LogP contribution in [0.15, 0.2) is 42.5 Å². The number of hydrogen-bond acceptors (Lipinski definition) is 3. The van der Waals surface area contributed by atoms with Crippen LogP contribution in [0.2, 0.25) is 0 Å². The first-order valence-corrected chi connectivity index (χ1v) is 6.91. The van der Waals surface area contributed by atoms with E-state index in [0.29, 0.717) is 12.8 Å². The highest BCUT2D eigenvalue weighted by Gasteiger charge is 2.49. The lowest BCUT2D eigenvalue weighted by atomic mass is 9.85. The number of carbonyl (C=O) groups is 2. The Morgan fingerprint density at radius 2 is 1.60 bits per heavy atom. The lowest BCUT2D eigenvalue weighted by Crippen LogP contribution is -2.37. The van der Waals surface area contributed by atoms with Gasteiger partial charge in [-0.3, -0.25) is 14.5 Å². The second kappa shape index (κ2) is 5.21. The molecule has 0 spiro atoms. The van der Waals surface area contributed by atoms with Crippen LogP contribution in [-0.2, 0) is 9.59 Å². The fourth-order valence-electron chi connectivity index (χ4n) is 3.14. The Morgan fingerprint density at radius 1 is 1.05 bits per heavy atom. The van der Waals surface area contributed by atoms with Gasteiger partial charge in [0.15, 0.2) is 0 Å². The Morgan fingerprint density at radius 3 is 2.10 bits per heavy atom. The highest BCUT2D eigenvalue weighted by Crippen LogP contribution is 2.39. The summed E-state index contributed by atoms with van der Waals surface area (Å²) in [7, 11) is 0. The van der Waals surface area contributed by atoms with E-state index in [1.54, 1.807) is 0 Å². The van der Waals surface area contributed by atoms with Crippen molar-refractivity contribution in [2.75, 3.05) is 6.61 Å². The van der Waals surface area contributed by atoms with Crippen LogP contribution < -0.4 is 0 Å². The molecule has 1 heterocycles. The van der Waals surface area contributed by atoms with E-state index < -0.39 is 6.04 Å². The third-order valence-corrected chi connectivity index (χ3v) is 4.21. The van der Waals surface area contributed by atoms with Crippen molar-refractivity contribution < 1.29 is 14.7 Å². The van der Waals surface area contributed by atoms with Crippen LogP contribution in [0.5, 0.6) is 0 Å². The molecule has 104 valence electrons. The van der Waals surface area contributed by atoms with Crippen molar-refractivity contribution in [3.63, 3.8) is 0 Å². The van der Waals surface area contributed by atoms with Crippen molar-refractivity contribution in [1.82, 2.24) is 4.90 Å². The Hall–Kier alpha value is -1.94. The summed E-state index contributed by atoms with van der Waals surface area (Å²) in [6, 6.07) is 8.66. The normalized spacial score (nSPS) is 26.8. The highest BCUT2D eigenvalue weighted by atomic mass is 16.3. The predicted octanol–water partition coefficient (Wildman–Crippen LogP) is 1.67. The second-order valence-corrected chi connectivity index (χ2v) is 5.31. The summed E-state index contributed by atoms with van der Waals surface area (Å²) in [5.41, 5.74) is 0.795. The van der Waals surface area contributed by atoms with Gasteiger partial charge in [0.05, 0.1) is 24.5 Å². The van der Waals surface area contributed by atoms with Gasteiger partial charge in [-0.1, -0.05) is 42.5 Å². The molecule has 1 aliphatic heterocycles. The Labute approximate surface area is 117 Å². The summed E-state index contributed by atoms with van der Waals surface area (Å²) in [5.74, 6) is -0.782. The van der Waals surface area contributed by atoms with Crippen molar-refractivity contribution in [3.05, 3.63) is 48.0 Å². The lowest BCUT2D eigenvalue weighted by molar-refractivity contribution is -0.143. The van der Waals surface area contributed by atoms with E-state index in [-0.39, 0.29) is 30.3 Å². The Kier molecular flexibility index (Phi) is 3.40. The number of carbonyl (C=O) groups excluding carboxylic acids is 2. The average molecular weight is 271 g/mol. The summed E-state index contributed by atoms with van der Waals surface area (Å²) in [5, 5.41) is 9.65. The zero-order valence-electron chi connectivity index (χ0n) is 11.1. The van der Waals surface area contributed by atoms with Crippen LogP contribution in [0, 0.1) is 11.8 Å². The zero-order valence-corrected chi connectivity index (χ0v) is 11.1. The molecule has 1 aliphatic carbocycles. The minimum atomic E-state index is -0.568. The highest BCUT2D eigenvalue weighted by molar-refractivity contribution is 6.05. The molecule has 1 saturated heterocycles. The number of allylic oxidation sites excluding steroid dienone is 2. The first-order chi connectivity index (χ1) is 9.74. The fourth-order valence-corrected chi connectivity index (χ4v) is 3.14. The monoisotopic (exact) mass is 271 g/mol. The summed E-state index contributed by atoms with van der Waals surface area (Å²) in [6.07, 6.45) is 5.18. The van der Waals surface area contributed by atoms with Crippen LogP contribution in [0.1, 0.15) is 24.4 Å². The van der Waals surface area contributed by atoms with Crippen molar-refractivity contribution in [1.29, 1.82) is 0 Å². The van der Waals surface area contributed by atoms with E-state index in [0.717, 1.165) is 5.56 Å². The third-order valence-electron chi connectivity index (χ3n) is 4.21. The fraction of sp³-hybridized carbons (Fsp3) is 0.375. The molecule has 0 bridgehead atoms. The second-order valence-electron chi connectivity index (χ2n) is 5.31. The molecular weight excluding hydrogens is 254 g/mol. The minimum absolute atomic E-state index is 0.146. The van der Waals surface area contributed by atoms with Crippen LogP contribution in [0.4, 0.5) is 0 Å². The maximum Gasteiger partial charge on any atom is 0.234 e. The maximum atomic E-state index is 12.5. The van der Waals surface area contributed by atoms with Gasteiger partial charge >= 0.3 is 0 Å². The standard InChI is InChI=1S/C16H17NO3/c18-10-14(11-6-2-1-3-7-11)17-15(19)12-8-4-5-9-13(12)16(17)20/h1-7,12-14,18H,8-10H2/t12-,13+,14-/m0/s1. The van der Waals surface area contributed by atoms with Crippen LogP contribution >= 0.6 is 0 Å². The molecule has 3 atom stereocenters. The van der Waals surface area contributed by atoms with E-state index in [2.05, 4.69) is 0 Å². The number of aliphatic hydroxyl groups is 1. The summed E-state index contributed by atoms with van der Waals surface area (Å²) >= 11 is 0. The average Bonchev–Trinajstić information content (AvgIpc) is 2.75. The summed E-state index contributed by atoms with van der Waals surface area (Å²) in [4.78, 5) is 26.2. The van der Waals surface area contributed by atoms with Gasteiger partial charge in [0.25, 0.3) is 0 Å². The molecule has 1 aromatic carbocycles. The number of benzene rings is 1. The first kappa shape index (κ1) is 13.1. The van der Waals surface area contributed by atoms with Gasteiger partial charge < -0.3 is 5.11 Å². The number of hydrogen-bond donors (Lipinski definition) is 1. The molecule has 20 heavy (non-hydrogen) atoms. The van der Waals surface area contributed by atoms with Crippen molar-refractivity contribution in [3.8, 4) is 0 Å². The SMILES string of the molecule is O=C1[C@H]2CC=CC[C@H]2C(=O)N1[C@@H](CO)c1ccccc1. The lowest BCUT2D eigenvalue weighted by Gasteiger charge is -2.25. The molecule has 0 radical (unpaired) electrons. The number of fused-ring (bicyclic) bond motifs is 1. The van der Waals surface area contributed by atoms with Gasteiger partial charge in [0.1, 0.15) is 0 Å².